The first kappa shape index (κ1) is 22.7. The summed E-state index contributed by atoms with van der Waals surface area (Å²) in [6.45, 7) is 2.15. The smallest absolute Gasteiger partial charge is 0.341 e. The summed E-state index contributed by atoms with van der Waals surface area (Å²) in [6, 6.07) is 12.3. The Bertz CT molecular complexity index is 1270. The molecule has 0 radical (unpaired) electrons. The molecule has 1 aliphatic heterocycles. The number of benzene rings is 2. The molecule has 1 atom stereocenters. The second kappa shape index (κ2) is 9.19. The Morgan fingerprint density at radius 2 is 1.91 bits per heavy atom. The van der Waals surface area contributed by atoms with Crippen molar-refractivity contribution in [3.8, 4) is 0 Å². The van der Waals surface area contributed by atoms with Crippen molar-refractivity contribution >= 4 is 59.9 Å². The van der Waals surface area contributed by atoms with Crippen LogP contribution < -0.4 is 5.32 Å². The van der Waals surface area contributed by atoms with Gasteiger partial charge in [-0.3, -0.25) is 4.79 Å². The zero-order valence-electron chi connectivity index (χ0n) is 17.2. The first-order valence-electron chi connectivity index (χ1n) is 10.1. The monoisotopic (exact) mass is 492 g/mol. The lowest BCUT2D eigenvalue weighted by molar-refractivity contribution is -0.119. The third-order valence-corrected chi connectivity index (χ3v) is 8.50. The van der Waals surface area contributed by atoms with Crippen LogP contribution in [0.1, 0.15) is 30.1 Å². The van der Waals surface area contributed by atoms with Crippen LogP contribution in [-0.2, 0) is 19.6 Å². The third kappa shape index (κ3) is 4.25. The molecule has 1 N–H and O–H groups in total. The Labute approximate surface area is 195 Å². The van der Waals surface area contributed by atoms with E-state index in [-0.39, 0.29) is 23.6 Å². The number of nitrogens with zero attached hydrogens (tertiary/aromatic N) is 1. The number of hydrogen-bond donors (Lipinski definition) is 1. The summed E-state index contributed by atoms with van der Waals surface area (Å²) < 4.78 is 33.5. The van der Waals surface area contributed by atoms with E-state index in [0.717, 1.165) is 4.70 Å². The fourth-order valence-corrected chi connectivity index (χ4v) is 6.64. The van der Waals surface area contributed by atoms with Crippen molar-refractivity contribution in [2.45, 2.75) is 30.7 Å². The van der Waals surface area contributed by atoms with Crippen LogP contribution in [0.5, 0.6) is 0 Å². The molecule has 1 amide bonds. The van der Waals surface area contributed by atoms with Crippen molar-refractivity contribution in [2.24, 2.45) is 0 Å². The van der Waals surface area contributed by atoms with E-state index in [0.29, 0.717) is 28.3 Å². The summed E-state index contributed by atoms with van der Waals surface area (Å²) in [6.07, 6.45) is 0.945. The normalized spacial score (nSPS) is 16.9. The van der Waals surface area contributed by atoms with E-state index in [1.165, 1.54) is 39.9 Å². The second-order valence-corrected chi connectivity index (χ2v) is 10.6. The Balaban J connectivity index is 1.64. The van der Waals surface area contributed by atoms with Gasteiger partial charge in [-0.25, -0.2) is 13.2 Å². The lowest BCUT2D eigenvalue weighted by Gasteiger charge is -2.23. The summed E-state index contributed by atoms with van der Waals surface area (Å²) >= 11 is 7.13. The first-order valence-corrected chi connectivity index (χ1v) is 12.7. The standard InChI is InChI=1S/C22H21ClN2O5S2/c1-2-30-22(27)19-16-6-3-4-8-18(16)31-21(19)24-20(26)17-7-5-13-25(17)32(28,29)15-11-9-14(23)10-12-15/h3-4,6,8-12,17H,2,5,7,13H2,1H3,(H,24,26). The van der Waals surface area contributed by atoms with Crippen LogP contribution in [0.25, 0.3) is 10.1 Å². The molecule has 2 aromatic carbocycles. The summed E-state index contributed by atoms with van der Waals surface area (Å²) in [5, 5.41) is 4.26. The minimum atomic E-state index is -3.88. The topological polar surface area (TPSA) is 92.8 Å². The first-order chi connectivity index (χ1) is 15.3. The van der Waals surface area contributed by atoms with Gasteiger partial charge in [-0.15, -0.1) is 11.3 Å². The summed E-state index contributed by atoms with van der Waals surface area (Å²) in [4.78, 5) is 25.9. The number of ether oxygens (including phenoxy) is 1. The van der Waals surface area contributed by atoms with Gasteiger partial charge in [0, 0.05) is 21.7 Å². The molecule has 1 unspecified atom stereocenters. The molecule has 3 aromatic rings. The number of thiophene rings is 1. The third-order valence-electron chi connectivity index (χ3n) is 5.24. The lowest BCUT2D eigenvalue weighted by atomic mass is 10.1. The van der Waals surface area contributed by atoms with Gasteiger partial charge in [0.15, 0.2) is 0 Å². The number of carbonyl (C=O) groups excluding carboxylic acids is 2. The van der Waals surface area contributed by atoms with Crippen molar-refractivity contribution in [1.82, 2.24) is 4.31 Å². The zero-order valence-corrected chi connectivity index (χ0v) is 19.6. The Morgan fingerprint density at radius 1 is 1.19 bits per heavy atom. The van der Waals surface area contributed by atoms with E-state index >= 15 is 0 Å². The van der Waals surface area contributed by atoms with Gasteiger partial charge >= 0.3 is 5.97 Å². The molecular weight excluding hydrogens is 472 g/mol. The van der Waals surface area contributed by atoms with Gasteiger partial charge in [-0.1, -0.05) is 29.8 Å². The highest BCUT2D eigenvalue weighted by molar-refractivity contribution is 7.89. The quantitative estimate of drug-likeness (QED) is 0.510. The van der Waals surface area contributed by atoms with Crippen molar-refractivity contribution < 1.29 is 22.7 Å². The number of halogens is 1. The average Bonchev–Trinajstić information content (AvgIpc) is 3.39. The molecule has 0 spiro atoms. The van der Waals surface area contributed by atoms with Gasteiger partial charge in [0.25, 0.3) is 0 Å². The van der Waals surface area contributed by atoms with Crippen LogP contribution in [0.15, 0.2) is 53.4 Å². The maximum atomic E-state index is 13.2. The maximum Gasteiger partial charge on any atom is 0.341 e. The van der Waals surface area contributed by atoms with E-state index in [2.05, 4.69) is 5.32 Å². The lowest BCUT2D eigenvalue weighted by Crippen LogP contribution is -2.43. The molecule has 10 heteroatoms. The number of carbonyl (C=O) groups is 2. The minimum Gasteiger partial charge on any atom is -0.462 e. The molecule has 32 heavy (non-hydrogen) atoms. The maximum absolute atomic E-state index is 13.2. The fourth-order valence-electron chi connectivity index (χ4n) is 3.77. The number of amides is 1. The number of nitrogens with one attached hydrogen (secondary N) is 1. The number of esters is 1. The molecule has 1 fully saturated rings. The molecule has 1 aliphatic rings. The van der Waals surface area contributed by atoms with Gasteiger partial charge in [0.05, 0.1) is 11.5 Å². The van der Waals surface area contributed by atoms with Crippen LogP contribution in [0.4, 0.5) is 5.00 Å². The largest absolute Gasteiger partial charge is 0.462 e. The minimum absolute atomic E-state index is 0.0793. The SMILES string of the molecule is CCOC(=O)c1c(NC(=O)C2CCCN2S(=O)(=O)c2ccc(Cl)cc2)sc2ccccc12. The van der Waals surface area contributed by atoms with Crippen molar-refractivity contribution in [2.75, 3.05) is 18.5 Å². The molecule has 1 aromatic heterocycles. The Morgan fingerprint density at radius 3 is 2.62 bits per heavy atom. The highest BCUT2D eigenvalue weighted by Gasteiger charge is 2.40. The molecule has 7 nitrogen and oxygen atoms in total. The molecule has 4 rings (SSSR count). The second-order valence-electron chi connectivity index (χ2n) is 7.24. The van der Waals surface area contributed by atoms with Gasteiger partial charge in [0.1, 0.15) is 16.6 Å². The van der Waals surface area contributed by atoms with E-state index in [1.54, 1.807) is 19.1 Å². The number of anilines is 1. The van der Waals surface area contributed by atoms with Gasteiger partial charge in [0.2, 0.25) is 15.9 Å². The van der Waals surface area contributed by atoms with E-state index in [1.807, 2.05) is 12.1 Å². The van der Waals surface area contributed by atoms with Crippen LogP contribution >= 0.6 is 22.9 Å². The van der Waals surface area contributed by atoms with Crippen molar-refractivity contribution in [1.29, 1.82) is 0 Å². The van der Waals surface area contributed by atoms with E-state index in [9.17, 15) is 18.0 Å². The van der Waals surface area contributed by atoms with Crippen molar-refractivity contribution in [3.05, 3.63) is 59.1 Å². The molecule has 2 heterocycles. The molecular formula is C22H21ClN2O5S2. The van der Waals surface area contributed by atoms with E-state index < -0.39 is 27.9 Å². The highest BCUT2D eigenvalue weighted by Crippen LogP contribution is 2.37. The van der Waals surface area contributed by atoms with Crippen molar-refractivity contribution in [3.63, 3.8) is 0 Å². The number of rotatable bonds is 6. The van der Waals surface area contributed by atoms with E-state index in [4.69, 9.17) is 16.3 Å². The molecule has 168 valence electrons. The van der Waals surface area contributed by atoms with Crippen LogP contribution in [0, 0.1) is 0 Å². The molecule has 1 saturated heterocycles. The number of sulfonamides is 1. The molecule has 0 saturated carbocycles. The number of hydrogen-bond acceptors (Lipinski definition) is 6. The molecule has 0 bridgehead atoms. The summed E-state index contributed by atoms with van der Waals surface area (Å²) in [7, 11) is -3.88. The highest BCUT2D eigenvalue weighted by atomic mass is 35.5. The predicted octanol–water partition coefficient (Wildman–Crippen LogP) is 4.52. The fraction of sp³-hybridized carbons (Fsp3) is 0.273. The summed E-state index contributed by atoms with van der Waals surface area (Å²) in [5.74, 6) is -1.01. The average molecular weight is 493 g/mol. The van der Waals surface area contributed by atoms with Crippen LogP contribution in [0.2, 0.25) is 5.02 Å². The van der Waals surface area contributed by atoms with Crippen LogP contribution in [0.3, 0.4) is 0 Å². The predicted molar refractivity (Wildman–Crippen MR) is 125 cm³/mol. The zero-order chi connectivity index (χ0) is 22.9. The van der Waals surface area contributed by atoms with Gasteiger partial charge < -0.3 is 10.1 Å². The van der Waals surface area contributed by atoms with Gasteiger partial charge in [-0.05, 0) is 50.1 Å². The van der Waals surface area contributed by atoms with Crippen LogP contribution in [-0.4, -0.2) is 43.8 Å². The summed E-state index contributed by atoms with van der Waals surface area (Å²) in [5.41, 5.74) is 0.283. The number of fused-ring (bicyclic) bond motifs is 1. The van der Waals surface area contributed by atoms with Gasteiger partial charge in [-0.2, -0.15) is 4.31 Å². The Kier molecular flexibility index (Phi) is 6.52. The molecule has 0 aliphatic carbocycles. The Hall–Kier alpha value is -2.46.